The van der Waals surface area contributed by atoms with Crippen molar-refractivity contribution in [3.05, 3.63) is 56.0 Å². The van der Waals surface area contributed by atoms with E-state index in [4.69, 9.17) is 51.5 Å². The molecule has 20 heavy (non-hydrogen) atoms. The van der Waals surface area contributed by atoms with Gasteiger partial charge in [-0.2, -0.15) is 0 Å². The van der Waals surface area contributed by atoms with E-state index in [1.165, 1.54) is 0 Å². The van der Waals surface area contributed by atoms with Crippen LogP contribution in [0.4, 0.5) is 0 Å². The van der Waals surface area contributed by atoms with Gasteiger partial charge in [-0.05, 0) is 23.8 Å². The van der Waals surface area contributed by atoms with Crippen LogP contribution >= 0.6 is 46.4 Å². The summed E-state index contributed by atoms with van der Waals surface area (Å²) in [7, 11) is 0. The number of halogens is 4. The zero-order chi connectivity index (χ0) is 14.9. The third-order valence-corrected chi connectivity index (χ3v) is 4.00. The van der Waals surface area contributed by atoms with E-state index in [0.717, 1.165) is 0 Å². The highest BCUT2D eigenvalue weighted by atomic mass is 35.5. The maximum atomic E-state index is 10.7. The van der Waals surface area contributed by atoms with Crippen molar-refractivity contribution in [2.45, 2.75) is 6.42 Å². The second-order valence-corrected chi connectivity index (χ2v) is 5.76. The predicted octanol–water partition coefficient (Wildman–Crippen LogP) is 5.59. The van der Waals surface area contributed by atoms with E-state index in [-0.39, 0.29) is 6.42 Å². The summed E-state index contributed by atoms with van der Waals surface area (Å²) in [6.45, 7) is 0. The van der Waals surface area contributed by atoms with E-state index in [2.05, 4.69) is 0 Å². The Hall–Kier alpha value is -0.930. The van der Waals surface area contributed by atoms with Gasteiger partial charge in [-0.3, -0.25) is 4.79 Å². The molecule has 0 amide bonds. The second-order valence-electron chi connectivity index (χ2n) is 4.13. The van der Waals surface area contributed by atoms with Gasteiger partial charge < -0.3 is 5.11 Å². The predicted molar refractivity (Wildman–Crippen MR) is 83.3 cm³/mol. The Morgan fingerprint density at radius 2 is 1.65 bits per heavy atom. The molecule has 0 heterocycles. The summed E-state index contributed by atoms with van der Waals surface area (Å²) in [6.07, 6.45) is -0.0932. The average Bonchev–Trinajstić information content (AvgIpc) is 2.33. The van der Waals surface area contributed by atoms with Gasteiger partial charge in [-0.15, -0.1) is 0 Å². The number of rotatable bonds is 3. The molecule has 0 aliphatic carbocycles. The molecule has 0 atom stereocenters. The zero-order valence-corrected chi connectivity index (χ0v) is 13.0. The lowest BCUT2D eigenvalue weighted by atomic mass is 10.0. The second kappa shape index (κ2) is 6.23. The van der Waals surface area contributed by atoms with E-state index >= 15 is 0 Å². The van der Waals surface area contributed by atoms with Crippen LogP contribution in [0.2, 0.25) is 20.1 Å². The van der Waals surface area contributed by atoms with Gasteiger partial charge in [0.05, 0.1) is 16.5 Å². The van der Waals surface area contributed by atoms with Crippen LogP contribution in [0.5, 0.6) is 0 Å². The van der Waals surface area contributed by atoms with Crippen molar-refractivity contribution < 1.29 is 9.90 Å². The van der Waals surface area contributed by atoms with Crippen molar-refractivity contribution in [2.24, 2.45) is 0 Å². The van der Waals surface area contributed by atoms with Crippen molar-refractivity contribution in [2.75, 3.05) is 0 Å². The van der Waals surface area contributed by atoms with Crippen molar-refractivity contribution in [1.82, 2.24) is 0 Å². The van der Waals surface area contributed by atoms with Crippen LogP contribution in [0.15, 0.2) is 30.3 Å². The molecule has 0 spiro atoms. The topological polar surface area (TPSA) is 37.3 Å². The van der Waals surface area contributed by atoms with Crippen molar-refractivity contribution in [1.29, 1.82) is 0 Å². The summed E-state index contributed by atoms with van der Waals surface area (Å²) in [5.41, 5.74) is 1.86. The smallest absolute Gasteiger partial charge is 0.307 e. The van der Waals surface area contributed by atoms with Crippen molar-refractivity contribution in [3.8, 4) is 11.1 Å². The number of carbonyl (C=O) groups is 1. The summed E-state index contributed by atoms with van der Waals surface area (Å²) >= 11 is 24.3. The Bertz CT molecular complexity index is 683. The highest BCUT2D eigenvalue weighted by molar-refractivity contribution is 6.45. The largest absolute Gasteiger partial charge is 0.481 e. The quantitative estimate of drug-likeness (QED) is 0.733. The first-order chi connectivity index (χ1) is 9.38. The first-order valence-electron chi connectivity index (χ1n) is 5.53. The number of hydrogen-bond acceptors (Lipinski definition) is 1. The maximum absolute atomic E-state index is 10.7. The fraction of sp³-hybridized carbons (Fsp3) is 0.0714. The van der Waals surface area contributed by atoms with E-state index in [1.807, 2.05) is 0 Å². The lowest BCUT2D eigenvalue weighted by Crippen LogP contribution is -1.99. The first-order valence-corrected chi connectivity index (χ1v) is 7.05. The Morgan fingerprint density at radius 1 is 0.950 bits per heavy atom. The van der Waals surface area contributed by atoms with E-state index < -0.39 is 5.97 Å². The summed E-state index contributed by atoms with van der Waals surface area (Å²) in [6, 6.07) is 8.18. The third-order valence-electron chi connectivity index (χ3n) is 2.67. The van der Waals surface area contributed by atoms with Crippen LogP contribution < -0.4 is 0 Å². The molecule has 1 N–H and O–H groups in total. The molecule has 0 aliphatic rings. The minimum Gasteiger partial charge on any atom is -0.481 e. The third kappa shape index (κ3) is 3.39. The molecule has 6 heteroatoms. The van der Waals surface area contributed by atoms with Gasteiger partial charge >= 0.3 is 5.97 Å². The van der Waals surface area contributed by atoms with Crippen LogP contribution in [-0.4, -0.2) is 11.1 Å². The van der Waals surface area contributed by atoms with Crippen LogP contribution in [0.3, 0.4) is 0 Å². The monoisotopic (exact) mass is 348 g/mol. The molecule has 2 nitrogen and oxygen atoms in total. The molecular weight excluding hydrogens is 342 g/mol. The molecule has 2 aromatic rings. The number of aliphatic carboxylic acids is 1. The van der Waals surface area contributed by atoms with Gasteiger partial charge in [0.1, 0.15) is 0 Å². The molecular formula is C14H8Cl4O2. The van der Waals surface area contributed by atoms with Gasteiger partial charge in [0.2, 0.25) is 0 Å². The van der Waals surface area contributed by atoms with Crippen molar-refractivity contribution >= 4 is 52.4 Å². The zero-order valence-electron chi connectivity index (χ0n) is 9.96. The highest BCUT2D eigenvalue weighted by Gasteiger charge is 2.13. The summed E-state index contributed by atoms with van der Waals surface area (Å²) in [5.74, 6) is -0.919. The lowest BCUT2D eigenvalue weighted by molar-refractivity contribution is -0.136. The first kappa shape index (κ1) is 15.5. The summed E-state index contributed by atoms with van der Waals surface area (Å²) < 4.78 is 0. The molecule has 2 aromatic carbocycles. The highest BCUT2D eigenvalue weighted by Crippen LogP contribution is 2.39. The van der Waals surface area contributed by atoms with Gasteiger partial charge in [0.25, 0.3) is 0 Å². The lowest BCUT2D eigenvalue weighted by Gasteiger charge is -2.10. The summed E-state index contributed by atoms with van der Waals surface area (Å²) in [5, 5.41) is 10.3. The molecule has 0 aliphatic heterocycles. The molecule has 0 fully saturated rings. The number of carboxylic acid groups (broad SMARTS) is 1. The van der Waals surface area contributed by atoms with E-state index in [9.17, 15) is 4.79 Å². The van der Waals surface area contributed by atoms with E-state index in [0.29, 0.717) is 36.8 Å². The number of hydrogen-bond donors (Lipinski definition) is 1. The van der Waals surface area contributed by atoms with Gasteiger partial charge in [-0.1, -0.05) is 58.5 Å². The molecule has 0 saturated heterocycles. The van der Waals surface area contributed by atoms with Crippen LogP contribution in [0.25, 0.3) is 11.1 Å². The van der Waals surface area contributed by atoms with Crippen LogP contribution in [0, 0.1) is 0 Å². The molecule has 0 aromatic heterocycles. The minimum atomic E-state index is -0.919. The Balaban J connectivity index is 2.51. The SMILES string of the molecule is O=C(O)Cc1ccc(-c2cc(Cl)cc(Cl)c2Cl)c(Cl)c1. The van der Waals surface area contributed by atoms with Gasteiger partial charge in [-0.25, -0.2) is 0 Å². The Labute approximate surface area is 135 Å². The molecule has 0 unspecified atom stereocenters. The molecule has 104 valence electrons. The average molecular weight is 350 g/mol. The molecule has 2 rings (SSSR count). The summed E-state index contributed by atoms with van der Waals surface area (Å²) in [4.78, 5) is 10.7. The maximum Gasteiger partial charge on any atom is 0.307 e. The normalized spacial score (nSPS) is 10.6. The van der Waals surface area contributed by atoms with Crippen LogP contribution in [-0.2, 0) is 11.2 Å². The van der Waals surface area contributed by atoms with Crippen molar-refractivity contribution in [3.63, 3.8) is 0 Å². The Morgan fingerprint density at radius 3 is 2.25 bits per heavy atom. The fourth-order valence-corrected chi connectivity index (χ4v) is 2.82. The van der Waals surface area contributed by atoms with E-state index in [1.54, 1.807) is 30.3 Å². The molecule has 0 radical (unpaired) electrons. The minimum absolute atomic E-state index is 0.0932. The fourth-order valence-electron chi connectivity index (χ4n) is 1.81. The van der Waals surface area contributed by atoms with Gasteiger partial charge in [0.15, 0.2) is 0 Å². The molecule has 0 saturated carbocycles. The number of benzene rings is 2. The standard InChI is InChI=1S/C14H8Cl4O2/c15-8-5-10(14(18)12(17)6-8)9-2-1-7(3-11(9)16)4-13(19)20/h1-3,5-6H,4H2,(H,19,20). The number of carboxylic acids is 1. The Kier molecular flexibility index (Phi) is 4.82. The molecule has 0 bridgehead atoms. The van der Waals surface area contributed by atoms with Gasteiger partial charge in [0, 0.05) is 21.2 Å². The van der Waals surface area contributed by atoms with Crippen LogP contribution in [0.1, 0.15) is 5.56 Å².